The van der Waals surface area contributed by atoms with Gasteiger partial charge in [-0.15, -0.1) is 11.3 Å². The molecule has 0 aliphatic carbocycles. The predicted molar refractivity (Wildman–Crippen MR) is 123 cm³/mol. The number of piperidine rings is 1. The van der Waals surface area contributed by atoms with Gasteiger partial charge in [-0.2, -0.15) is 0 Å². The average molecular weight is 425 g/mol. The molecule has 1 N–H and O–H groups in total. The quantitative estimate of drug-likeness (QED) is 0.619. The molecule has 7 heteroatoms. The van der Waals surface area contributed by atoms with Gasteiger partial charge in [-0.1, -0.05) is 6.07 Å². The summed E-state index contributed by atoms with van der Waals surface area (Å²) in [6.07, 6.45) is 3.58. The molecule has 1 saturated heterocycles. The summed E-state index contributed by atoms with van der Waals surface area (Å²) in [5, 5.41) is 4.03. The topological polar surface area (TPSA) is 67.3 Å². The number of methoxy groups -OCH3 is 1. The van der Waals surface area contributed by atoms with Gasteiger partial charge in [-0.05, 0) is 70.2 Å². The summed E-state index contributed by atoms with van der Waals surface area (Å²) in [5.41, 5.74) is 2.67. The Labute approximate surface area is 181 Å². The number of carbonyl (C=O) groups is 1. The lowest BCUT2D eigenvalue weighted by atomic mass is 10.0. The van der Waals surface area contributed by atoms with Crippen LogP contribution in [-0.4, -0.2) is 35.6 Å². The van der Waals surface area contributed by atoms with Gasteiger partial charge in [-0.3, -0.25) is 4.79 Å². The molecule has 0 bridgehead atoms. The Kier molecular flexibility index (Phi) is 5.64. The van der Waals surface area contributed by atoms with Crippen LogP contribution in [0, 0.1) is 20.8 Å². The number of aryl methyl sites for hydroxylation is 3. The Hall–Kier alpha value is -2.67. The minimum absolute atomic E-state index is 0.144. The van der Waals surface area contributed by atoms with Gasteiger partial charge in [0.2, 0.25) is 0 Å². The molecule has 6 nitrogen and oxygen atoms in total. The number of nitrogens with one attached hydrogen (secondary N) is 1. The number of thiophene rings is 1. The normalized spacial score (nSPS) is 16.7. The highest BCUT2D eigenvalue weighted by Gasteiger charge is 2.26. The van der Waals surface area contributed by atoms with Crippen LogP contribution in [0.5, 0.6) is 5.75 Å². The minimum atomic E-state index is -0.144. The lowest BCUT2D eigenvalue weighted by Gasteiger charge is -2.35. The number of benzene rings is 1. The molecule has 1 fully saturated rings. The maximum Gasteiger partial charge on any atom is 0.266 e. The van der Waals surface area contributed by atoms with Crippen molar-refractivity contribution in [2.24, 2.45) is 0 Å². The van der Waals surface area contributed by atoms with Crippen molar-refractivity contribution in [1.82, 2.24) is 9.97 Å². The van der Waals surface area contributed by atoms with Gasteiger partial charge in [-0.25, -0.2) is 9.97 Å². The van der Waals surface area contributed by atoms with Crippen molar-refractivity contribution < 1.29 is 9.53 Å². The molecule has 30 heavy (non-hydrogen) atoms. The molecule has 0 spiro atoms. The monoisotopic (exact) mass is 424 g/mol. The minimum Gasteiger partial charge on any atom is -0.495 e. The van der Waals surface area contributed by atoms with E-state index in [9.17, 15) is 4.79 Å². The van der Waals surface area contributed by atoms with Crippen LogP contribution in [0.15, 0.2) is 18.2 Å². The van der Waals surface area contributed by atoms with Crippen LogP contribution in [0.2, 0.25) is 0 Å². The average Bonchev–Trinajstić information content (AvgIpc) is 3.04. The van der Waals surface area contributed by atoms with Crippen molar-refractivity contribution in [3.63, 3.8) is 0 Å². The number of rotatable bonds is 4. The zero-order valence-electron chi connectivity index (χ0n) is 18.2. The van der Waals surface area contributed by atoms with Crippen molar-refractivity contribution in [3.8, 4) is 5.75 Å². The third kappa shape index (κ3) is 3.74. The molecule has 1 aliphatic rings. The second-order valence-corrected chi connectivity index (χ2v) is 9.03. The second kappa shape index (κ2) is 8.22. The maximum absolute atomic E-state index is 13.2. The van der Waals surface area contributed by atoms with E-state index in [1.807, 2.05) is 39.0 Å². The van der Waals surface area contributed by atoms with E-state index in [1.165, 1.54) is 24.2 Å². The number of fused-ring (bicyclic) bond motifs is 1. The summed E-state index contributed by atoms with van der Waals surface area (Å²) >= 11 is 1.43. The lowest BCUT2D eigenvalue weighted by molar-refractivity contribution is 0.102. The van der Waals surface area contributed by atoms with E-state index in [4.69, 9.17) is 9.72 Å². The number of ether oxygens (including phenoxy) is 1. The Morgan fingerprint density at radius 2 is 2.03 bits per heavy atom. The van der Waals surface area contributed by atoms with E-state index in [0.29, 0.717) is 22.4 Å². The third-order valence-electron chi connectivity index (χ3n) is 5.77. The largest absolute Gasteiger partial charge is 0.495 e. The predicted octanol–water partition coefficient (Wildman–Crippen LogP) is 5.26. The maximum atomic E-state index is 13.2. The van der Waals surface area contributed by atoms with Crippen LogP contribution in [0.25, 0.3) is 10.2 Å². The van der Waals surface area contributed by atoms with Gasteiger partial charge in [0.15, 0.2) is 0 Å². The smallest absolute Gasteiger partial charge is 0.266 e. The fraction of sp³-hybridized carbons (Fsp3) is 0.435. The van der Waals surface area contributed by atoms with Crippen LogP contribution in [0.3, 0.4) is 0 Å². The Morgan fingerprint density at radius 3 is 2.77 bits per heavy atom. The summed E-state index contributed by atoms with van der Waals surface area (Å²) in [6.45, 7) is 9.15. The molecule has 3 heterocycles. The van der Waals surface area contributed by atoms with E-state index >= 15 is 0 Å². The highest BCUT2D eigenvalue weighted by Crippen LogP contribution is 2.38. The number of amides is 1. The van der Waals surface area contributed by atoms with Crippen molar-refractivity contribution in [2.45, 2.75) is 53.0 Å². The van der Waals surface area contributed by atoms with E-state index in [2.05, 4.69) is 22.1 Å². The first kappa shape index (κ1) is 20.6. The second-order valence-electron chi connectivity index (χ2n) is 8.03. The van der Waals surface area contributed by atoms with E-state index in [1.54, 1.807) is 7.11 Å². The fourth-order valence-electron chi connectivity index (χ4n) is 4.16. The van der Waals surface area contributed by atoms with Gasteiger partial charge >= 0.3 is 0 Å². The van der Waals surface area contributed by atoms with Crippen LogP contribution >= 0.6 is 11.3 Å². The molecule has 3 aromatic rings. The molecular weight excluding hydrogens is 396 g/mol. The molecule has 1 aromatic carbocycles. The Bertz CT molecular complexity index is 1110. The van der Waals surface area contributed by atoms with Crippen LogP contribution in [-0.2, 0) is 0 Å². The van der Waals surface area contributed by atoms with Gasteiger partial charge in [0.05, 0.1) is 23.1 Å². The molecule has 1 atom stereocenters. The van der Waals surface area contributed by atoms with Gasteiger partial charge < -0.3 is 15.0 Å². The Balaban J connectivity index is 1.76. The molecule has 0 radical (unpaired) electrons. The van der Waals surface area contributed by atoms with Crippen molar-refractivity contribution in [3.05, 3.63) is 40.0 Å². The highest BCUT2D eigenvalue weighted by atomic mass is 32.1. The first-order valence-corrected chi connectivity index (χ1v) is 11.2. The standard InChI is InChI=1S/C23H28N4O2S/c1-13-9-10-18(29-5)17(12-13)26-22(28)20-15(3)19-21(24-16(4)25-23(19)30-20)27-11-7-6-8-14(27)2/h9-10,12,14H,6-8,11H2,1-5H3,(H,26,28). The van der Waals surface area contributed by atoms with Crippen LogP contribution < -0.4 is 15.0 Å². The SMILES string of the molecule is COc1ccc(C)cc1NC(=O)c1sc2nc(C)nc(N3CCCCC3C)c2c1C. The first-order chi connectivity index (χ1) is 14.4. The summed E-state index contributed by atoms with van der Waals surface area (Å²) in [4.78, 5) is 26.6. The summed E-state index contributed by atoms with van der Waals surface area (Å²) in [7, 11) is 1.61. The summed E-state index contributed by atoms with van der Waals surface area (Å²) in [5.74, 6) is 2.20. The highest BCUT2D eigenvalue weighted by molar-refractivity contribution is 7.20. The van der Waals surface area contributed by atoms with Gasteiger partial charge in [0.25, 0.3) is 5.91 Å². The molecule has 1 aliphatic heterocycles. The molecule has 0 saturated carbocycles. The summed E-state index contributed by atoms with van der Waals surface area (Å²) in [6, 6.07) is 6.19. The number of hydrogen-bond donors (Lipinski definition) is 1. The molecule has 158 valence electrons. The number of nitrogens with zero attached hydrogens (tertiary/aromatic N) is 3. The van der Waals surface area contributed by atoms with E-state index < -0.39 is 0 Å². The number of aromatic nitrogens is 2. The lowest BCUT2D eigenvalue weighted by Crippen LogP contribution is -2.38. The zero-order valence-corrected chi connectivity index (χ0v) is 19.0. The van der Waals surface area contributed by atoms with E-state index in [0.717, 1.165) is 46.0 Å². The van der Waals surface area contributed by atoms with Crippen molar-refractivity contribution in [2.75, 3.05) is 23.9 Å². The van der Waals surface area contributed by atoms with Crippen LogP contribution in [0.4, 0.5) is 11.5 Å². The Morgan fingerprint density at radius 1 is 1.23 bits per heavy atom. The van der Waals surface area contributed by atoms with Crippen molar-refractivity contribution in [1.29, 1.82) is 0 Å². The van der Waals surface area contributed by atoms with E-state index in [-0.39, 0.29) is 5.91 Å². The summed E-state index contributed by atoms with van der Waals surface area (Å²) < 4.78 is 5.41. The molecule has 1 amide bonds. The molecule has 2 aromatic heterocycles. The molecular formula is C23H28N4O2S. The first-order valence-electron chi connectivity index (χ1n) is 10.4. The number of anilines is 2. The van der Waals surface area contributed by atoms with Gasteiger partial charge in [0, 0.05) is 12.6 Å². The third-order valence-corrected chi connectivity index (χ3v) is 6.95. The van der Waals surface area contributed by atoms with Crippen molar-refractivity contribution >= 4 is 39.0 Å². The molecule has 1 unspecified atom stereocenters. The number of carbonyl (C=O) groups excluding carboxylic acids is 1. The fourth-order valence-corrected chi connectivity index (χ4v) is 5.27. The van der Waals surface area contributed by atoms with Gasteiger partial charge in [0.1, 0.15) is 22.2 Å². The molecule has 4 rings (SSSR count). The van der Waals surface area contributed by atoms with Crippen LogP contribution in [0.1, 0.15) is 52.8 Å². The zero-order chi connectivity index (χ0) is 21.4. The number of hydrogen-bond acceptors (Lipinski definition) is 6.